The molecule has 0 amide bonds. The lowest BCUT2D eigenvalue weighted by atomic mass is 9.89. The lowest BCUT2D eigenvalue weighted by Crippen LogP contribution is -2.60. The zero-order valence-corrected chi connectivity index (χ0v) is 11.1. The van der Waals surface area contributed by atoms with Crippen molar-refractivity contribution in [3.8, 4) is 0 Å². The van der Waals surface area contributed by atoms with Crippen LogP contribution in [0.15, 0.2) is 0 Å². The molecule has 2 fully saturated rings. The van der Waals surface area contributed by atoms with Crippen molar-refractivity contribution in [2.45, 2.75) is 57.9 Å². The average Bonchev–Trinajstić information content (AvgIpc) is 2.82. The molecule has 0 aromatic carbocycles. The number of rotatable bonds is 4. The van der Waals surface area contributed by atoms with E-state index in [4.69, 9.17) is 0 Å². The van der Waals surface area contributed by atoms with Crippen LogP contribution in [0.2, 0.25) is 0 Å². The monoisotopic (exact) mass is 224 g/mol. The van der Waals surface area contributed by atoms with Gasteiger partial charge >= 0.3 is 0 Å². The van der Waals surface area contributed by atoms with E-state index in [9.17, 15) is 0 Å². The molecule has 1 saturated heterocycles. The largest absolute Gasteiger partial charge is 0.309 e. The maximum atomic E-state index is 3.75. The summed E-state index contributed by atoms with van der Waals surface area (Å²) in [4.78, 5) is 2.72. The molecular weight excluding hydrogens is 196 g/mol. The van der Waals surface area contributed by atoms with Crippen molar-refractivity contribution in [2.75, 3.05) is 26.2 Å². The number of nitrogens with zero attached hydrogens (tertiary/aromatic N) is 1. The number of nitrogens with one attached hydrogen (secondary N) is 1. The zero-order chi connectivity index (χ0) is 11.4. The first-order chi connectivity index (χ1) is 7.78. The van der Waals surface area contributed by atoms with Crippen LogP contribution in [0.3, 0.4) is 0 Å². The molecule has 0 spiro atoms. The molecule has 0 radical (unpaired) electrons. The molecule has 0 aromatic rings. The van der Waals surface area contributed by atoms with Gasteiger partial charge < -0.3 is 5.32 Å². The van der Waals surface area contributed by atoms with Gasteiger partial charge in [-0.15, -0.1) is 0 Å². The lowest BCUT2D eigenvalue weighted by molar-refractivity contribution is 0.109. The molecule has 1 heterocycles. The molecule has 1 saturated carbocycles. The summed E-state index contributed by atoms with van der Waals surface area (Å²) in [5.74, 6) is 1.00. The second-order valence-corrected chi connectivity index (χ2v) is 5.80. The van der Waals surface area contributed by atoms with Crippen molar-refractivity contribution >= 4 is 0 Å². The van der Waals surface area contributed by atoms with Gasteiger partial charge in [0.1, 0.15) is 0 Å². The standard InChI is InChI=1S/C14H28N2/c1-3-14(4-2)12-16(10-9-15-14)11-13-7-5-6-8-13/h13,15H,3-12H2,1-2H3. The second-order valence-electron chi connectivity index (χ2n) is 5.80. The fourth-order valence-electron chi connectivity index (χ4n) is 3.48. The Balaban J connectivity index is 1.85. The Hall–Kier alpha value is -0.0800. The summed E-state index contributed by atoms with van der Waals surface area (Å²) in [6.07, 6.45) is 8.45. The predicted octanol–water partition coefficient (Wildman–Crippen LogP) is 2.64. The summed E-state index contributed by atoms with van der Waals surface area (Å²) in [6.45, 7) is 9.75. The quantitative estimate of drug-likeness (QED) is 0.790. The summed E-state index contributed by atoms with van der Waals surface area (Å²) in [7, 11) is 0. The van der Waals surface area contributed by atoms with E-state index in [1.165, 1.54) is 64.7 Å². The van der Waals surface area contributed by atoms with Gasteiger partial charge in [-0.2, -0.15) is 0 Å². The van der Waals surface area contributed by atoms with Crippen molar-refractivity contribution in [3.63, 3.8) is 0 Å². The Morgan fingerprint density at radius 1 is 1.19 bits per heavy atom. The first-order valence-electron chi connectivity index (χ1n) is 7.25. The summed E-state index contributed by atoms with van der Waals surface area (Å²) in [5, 5.41) is 3.75. The fourth-order valence-corrected chi connectivity index (χ4v) is 3.48. The molecule has 0 aromatic heterocycles. The third kappa shape index (κ3) is 2.78. The van der Waals surface area contributed by atoms with E-state index in [1.807, 2.05) is 0 Å². The second kappa shape index (κ2) is 5.50. The third-order valence-corrected chi connectivity index (χ3v) is 4.80. The van der Waals surface area contributed by atoms with E-state index in [1.54, 1.807) is 0 Å². The van der Waals surface area contributed by atoms with Crippen molar-refractivity contribution in [2.24, 2.45) is 5.92 Å². The molecule has 0 atom stereocenters. The minimum Gasteiger partial charge on any atom is -0.309 e. The van der Waals surface area contributed by atoms with Gasteiger partial charge in [-0.3, -0.25) is 4.90 Å². The van der Waals surface area contributed by atoms with Crippen LogP contribution < -0.4 is 5.32 Å². The summed E-state index contributed by atoms with van der Waals surface area (Å²) in [5.41, 5.74) is 0.414. The molecule has 1 aliphatic carbocycles. The minimum absolute atomic E-state index is 0.414. The maximum absolute atomic E-state index is 3.75. The van der Waals surface area contributed by atoms with Crippen LogP contribution in [0.4, 0.5) is 0 Å². The van der Waals surface area contributed by atoms with Crippen molar-refractivity contribution in [1.29, 1.82) is 0 Å². The lowest BCUT2D eigenvalue weighted by Gasteiger charge is -2.44. The van der Waals surface area contributed by atoms with Crippen LogP contribution >= 0.6 is 0 Å². The number of hydrogen-bond acceptors (Lipinski definition) is 2. The van der Waals surface area contributed by atoms with E-state index < -0.39 is 0 Å². The van der Waals surface area contributed by atoms with Gasteiger partial charge in [0.15, 0.2) is 0 Å². The van der Waals surface area contributed by atoms with E-state index in [-0.39, 0.29) is 0 Å². The molecule has 2 aliphatic rings. The number of hydrogen-bond donors (Lipinski definition) is 1. The van der Waals surface area contributed by atoms with E-state index >= 15 is 0 Å². The van der Waals surface area contributed by atoms with Gasteiger partial charge in [-0.05, 0) is 31.6 Å². The van der Waals surface area contributed by atoms with E-state index in [0.29, 0.717) is 5.54 Å². The van der Waals surface area contributed by atoms with Crippen LogP contribution in [0, 0.1) is 5.92 Å². The molecule has 2 rings (SSSR count). The topological polar surface area (TPSA) is 15.3 Å². The zero-order valence-electron chi connectivity index (χ0n) is 11.1. The average molecular weight is 224 g/mol. The SMILES string of the molecule is CCC1(CC)CN(CC2CCCC2)CCN1. The predicted molar refractivity (Wildman–Crippen MR) is 69.7 cm³/mol. The highest BCUT2D eigenvalue weighted by Crippen LogP contribution is 2.27. The van der Waals surface area contributed by atoms with Crippen LogP contribution in [0.25, 0.3) is 0 Å². The molecule has 1 aliphatic heterocycles. The highest BCUT2D eigenvalue weighted by molar-refractivity contribution is 4.93. The van der Waals surface area contributed by atoms with Gasteiger partial charge in [-0.1, -0.05) is 26.7 Å². The molecule has 1 N–H and O–H groups in total. The number of piperazine rings is 1. The maximum Gasteiger partial charge on any atom is 0.0304 e. The molecule has 0 unspecified atom stereocenters. The Kier molecular flexibility index (Phi) is 4.26. The summed E-state index contributed by atoms with van der Waals surface area (Å²) >= 11 is 0. The van der Waals surface area contributed by atoms with Gasteiger partial charge in [-0.25, -0.2) is 0 Å². The van der Waals surface area contributed by atoms with Crippen molar-refractivity contribution in [1.82, 2.24) is 10.2 Å². The molecule has 2 heteroatoms. The molecule has 0 bridgehead atoms. The van der Waals surface area contributed by atoms with Crippen molar-refractivity contribution in [3.05, 3.63) is 0 Å². The molecule has 2 nitrogen and oxygen atoms in total. The molecular formula is C14H28N2. The summed E-state index contributed by atoms with van der Waals surface area (Å²) in [6, 6.07) is 0. The van der Waals surface area contributed by atoms with Crippen LogP contribution in [0.1, 0.15) is 52.4 Å². The Morgan fingerprint density at radius 2 is 1.88 bits per heavy atom. The van der Waals surface area contributed by atoms with Crippen LogP contribution in [-0.2, 0) is 0 Å². The van der Waals surface area contributed by atoms with Crippen LogP contribution in [-0.4, -0.2) is 36.6 Å². The van der Waals surface area contributed by atoms with Gasteiger partial charge in [0.25, 0.3) is 0 Å². The van der Waals surface area contributed by atoms with Gasteiger partial charge in [0, 0.05) is 31.7 Å². The smallest absolute Gasteiger partial charge is 0.0304 e. The molecule has 16 heavy (non-hydrogen) atoms. The van der Waals surface area contributed by atoms with Crippen molar-refractivity contribution < 1.29 is 0 Å². The van der Waals surface area contributed by atoms with Crippen LogP contribution in [0.5, 0.6) is 0 Å². The normalized spacial score (nSPS) is 27.4. The first-order valence-corrected chi connectivity index (χ1v) is 7.25. The fraction of sp³-hybridized carbons (Fsp3) is 1.00. The third-order valence-electron chi connectivity index (χ3n) is 4.80. The molecule has 94 valence electrons. The van der Waals surface area contributed by atoms with E-state index in [2.05, 4.69) is 24.1 Å². The highest BCUT2D eigenvalue weighted by atomic mass is 15.2. The Bertz CT molecular complexity index is 205. The first kappa shape index (κ1) is 12.4. The van der Waals surface area contributed by atoms with Gasteiger partial charge in [0.2, 0.25) is 0 Å². The van der Waals surface area contributed by atoms with Gasteiger partial charge in [0.05, 0.1) is 0 Å². The summed E-state index contributed by atoms with van der Waals surface area (Å²) < 4.78 is 0. The minimum atomic E-state index is 0.414. The Labute approximate surface area is 101 Å². The van der Waals surface area contributed by atoms with E-state index in [0.717, 1.165) is 5.92 Å². The Morgan fingerprint density at radius 3 is 2.50 bits per heavy atom. The highest BCUT2D eigenvalue weighted by Gasteiger charge is 2.32.